The highest BCUT2D eigenvalue weighted by molar-refractivity contribution is 9.10. The highest BCUT2D eigenvalue weighted by atomic mass is 79.9. The molecule has 5 nitrogen and oxygen atoms in total. The summed E-state index contributed by atoms with van der Waals surface area (Å²) in [7, 11) is 0. The summed E-state index contributed by atoms with van der Waals surface area (Å²) in [5, 5.41) is 2.23. The van der Waals surface area contributed by atoms with Gasteiger partial charge in [-0.1, -0.05) is 45.8 Å². The molecule has 1 fully saturated rings. The Balaban J connectivity index is 2.05. The number of amides is 4. The molecule has 0 aromatic heterocycles. The second kappa shape index (κ2) is 6.64. The minimum atomic E-state index is -0.742. The fourth-order valence-electron chi connectivity index (χ4n) is 2.70. The van der Waals surface area contributed by atoms with Gasteiger partial charge in [-0.3, -0.25) is 14.9 Å². The van der Waals surface area contributed by atoms with Crippen molar-refractivity contribution in [3.8, 4) is 0 Å². The van der Waals surface area contributed by atoms with Gasteiger partial charge in [0.25, 0.3) is 11.8 Å². The van der Waals surface area contributed by atoms with Crippen LogP contribution in [0.3, 0.4) is 0 Å². The molecule has 6 heteroatoms. The molecule has 0 atom stereocenters. The van der Waals surface area contributed by atoms with E-state index in [0.717, 1.165) is 20.5 Å². The van der Waals surface area contributed by atoms with Crippen molar-refractivity contribution in [2.75, 3.05) is 4.90 Å². The van der Waals surface area contributed by atoms with Crippen LogP contribution in [-0.2, 0) is 9.59 Å². The zero-order chi connectivity index (χ0) is 18.1. The fraction of sp³-hybridized carbons (Fsp3) is 0.105. The summed E-state index contributed by atoms with van der Waals surface area (Å²) in [5.74, 6) is -1.34. The molecule has 2 aromatic carbocycles. The topological polar surface area (TPSA) is 66.5 Å². The number of hydrogen-bond donors (Lipinski definition) is 1. The number of carbonyl (C=O) groups excluding carboxylic acids is 3. The van der Waals surface area contributed by atoms with E-state index < -0.39 is 17.8 Å². The van der Waals surface area contributed by atoms with Crippen LogP contribution in [0.2, 0.25) is 0 Å². The number of urea groups is 1. The molecule has 2 aromatic rings. The third-order valence-corrected chi connectivity index (χ3v) is 4.35. The van der Waals surface area contributed by atoms with Gasteiger partial charge in [0.05, 0.1) is 5.69 Å². The summed E-state index contributed by atoms with van der Waals surface area (Å²) in [6.07, 6.45) is 1.48. The monoisotopic (exact) mass is 398 g/mol. The molecule has 0 aliphatic carbocycles. The number of benzene rings is 2. The van der Waals surface area contributed by atoms with Crippen LogP contribution in [0.15, 0.2) is 52.5 Å². The molecule has 1 aliphatic heterocycles. The number of halogens is 1. The quantitative estimate of drug-likeness (QED) is 0.618. The predicted molar refractivity (Wildman–Crippen MR) is 99.1 cm³/mol. The highest BCUT2D eigenvalue weighted by Gasteiger charge is 2.37. The Morgan fingerprint density at radius 3 is 2.48 bits per heavy atom. The van der Waals surface area contributed by atoms with E-state index in [1.165, 1.54) is 6.08 Å². The smallest absolute Gasteiger partial charge is 0.273 e. The molecule has 0 radical (unpaired) electrons. The maximum Gasteiger partial charge on any atom is 0.335 e. The van der Waals surface area contributed by atoms with Gasteiger partial charge in [-0.25, -0.2) is 9.69 Å². The van der Waals surface area contributed by atoms with Gasteiger partial charge < -0.3 is 0 Å². The molecule has 1 aliphatic rings. The Morgan fingerprint density at radius 1 is 1.04 bits per heavy atom. The summed E-state index contributed by atoms with van der Waals surface area (Å²) < 4.78 is 0.827. The number of aryl methyl sites for hydroxylation is 2. The molecule has 0 saturated carbocycles. The van der Waals surface area contributed by atoms with Crippen LogP contribution in [-0.4, -0.2) is 17.8 Å². The average Bonchev–Trinajstić information content (AvgIpc) is 2.53. The van der Waals surface area contributed by atoms with E-state index >= 15 is 0 Å². The standard InChI is InChI=1S/C19H15BrN2O3/c1-11-6-7-16(12(2)8-11)22-18(24)15(17(23)21-19(22)25)10-13-4-3-5-14(20)9-13/h3-10H,1-2H3,(H,21,23,25)/b15-10+. The zero-order valence-corrected chi connectivity index (χ0v) is 15.3. The third kappa shape index (κ3) is 3.39. The van der Waals surface area contributed by atoms with Gasteiger partial charge in [0.15, 0.2) is 0 Å². The van der Waals surface area contributed by atoms with E-state index in [0.29, 0.717) is 11.3 Å². The molecular formula is C19H15BrN2O3. The molecule has 25 heavy (non-hydrogen) atoms. The first-order chi connectivity index (χ1) is 11.9. The first-order valence-electron chi connectivity index (χ1n) is 7.61. The molecule has 4 amide bonds. The van der Waals surface area contributed by atoms with E-state index in [9.17, 15) is 14.4 Å². The maximum absolute atomic E-state index is 12.8. The lowest BCUT2D eigenvalue weighted by atomic mass is 10.0. The lowest BCUT2D eigenvalue weighted by Gasteiger charge is -2.27. The largest absolute Gasteiger partial charge is 0.335 e. The fourth-order valence-corrected chi connectivity index (χ4v) is 3.11. The summed E-state index contributed by atoms with van der Waals surface area (Å²) in [6, 6.07) is 11.9. The van der Waals surface area contributed by atoms with Crippen LogP contribution in [0.4, 0.5) is 10.5 Å². The van der Waals surface area contributed by atoms with E-state index in [1.807, 2.05) is 32.0 Å². The summed E-state index contributed by atoms with van der Waals surface area (Å²) in [4.78, 5) is 38.2. The van der Waals surface area contributed by atoms with Crippen molar-refractivity contribution in [1.82, 2.24) is 5.32 Å². The van der Waals surface area contributed by atoms with Crippen LogP contribution in [0, 0.1) is 13.8 Å². The predicted octanol–water partition coefficient (Wildman–Crippen LogP) is 3.73. The minimum Gasteiger partial charge on any atom is -0.273 e. The van der Waals surface area contributed by atoms with Crippen molar-refractivity contribution in [3.63, 3.8) is 0 Å². The number of carbonyl (C=O) groups is 3. The van der Waals surface area contributed by atoms with Crippen LogP contribution < -0.4 is 10.2 Å². The van der Waals surface area contributed by atoms with Gasteiger partial charge in [-0.2, -0.15) is 0 Å². The Kier molecular flexibility index (Phi) is 4.55. The van der Waals surface area contributed by atoms with Gasteiger partial charge in [0, 0.05) is 4.47 Å². The zero-order valence-electron chi connectivity index (χ0n) is 13.7. The lowest BCUT2D eigenvalue weighted by molar-refractivity contribution is -0.122. The summed E-state index contributed by atoms with van der Waals surface area (Å²) >= 11 is 3.35. The molecule has 1 heterocycles. The summed E-state index contributed by atoms with van der Waals surface area (Å²) in [5.41, 5.74) is 2.85. The second-order valence-corrected chi connectivity index (χ2v) is 6.72. The van der Waals surface area contributed by atoms with E-state index in [4.69, 9.17) is 0 Å². The van der Waals surface area contributed by atoms with E-state index in [1.54, 1.807) is 24.3 Å². The molecule has 0 unspecified atom stereocenters. The van der Waals surface area contributed by atoms with Crippen LogP contribution >= 0.6 is 15.9 Å². The Hall–Kier alpha value is -2.73. The number of barbiturate groups is 1. The average molecular weight is 399 g/mol. The van der Waals surface area contributed by atoms with Crippen molar-refractivity contribution >= 4 is 45.5 Å². The molecule has 1 N–H and O–H groups in total. The number of rotatable bonds is 2. The first-order valence-corrected chi connectivity index (χ1v) is 8.40. The van der Waals surface area contributed by atoms with Crippen molar-refractivity contribution in [2.24, 2.45) is 0 Å². The summed E-state index contributed by atoms with van der Waals surface area (Å²) in [6.45, 7) is 3.74. The van der Waals surface area contributed by atoms with Crippen molar-refractivity contribution in [1.29, 1.82) is 0 Å². The van der Waals surface area contributed by atoms with Crippen LogP contribution in [0.5, 0.6) is 0 Å². The number of hydrogen-bond acceptors (Lipinski definition) is 3. The van der Waals surface area contributed by atoms with Crippen molar-refractivity contribution in [3.05, 3.63) is 69.2 Å². The minimum absolute atomic E-state index is 0.0855. The van der Waals surface area contributed by atoms with Gasteiger partial charge in [-0.15, -0.1) is 0 Å². The highest BCUT2D eigenvalue weighted by Crippen LogP contribution is 2.26. The Bertz CT molecular complexity index is 934. The van der Waals surface area contributed by atoms with E-state index in [2.05, 4.69) is 21.2 Å². The second-order valence-electron chi connectivity index (χ2n) is 5.80. The third-order valence-electron chi connectivity index (χ3n) is 3.85. The van der Waals surface area contributed by atoms with Gasteiger partial charge in [0.2, 0.25) is 0 Å². The van der Waals surface area contributed by atoms with Crippen LogP contribution in [0.1, 0.15) is 16.7 Å². The SMILES string of the molecule is Cc1ccc(N2C(=O)NC(=O)/C(=C\c3cccc(Br)c3)C2=O)c(C)c1. The number of nitrogens with one attached hydrogen (secondary N) is 1. The Morgan fingerprint density at radius 2 is 1.80 bits per heavy atom. The molecule has 126 valence electrons. The van der Waals surface area contributed by atoms with Gasteiger partial charge in [-0.05, 0) is 49.2 Å². The lowest BCUT2D eigenvalue weighted by Crippen LogP contribution is -2.54. The molecule has 1 saturated heterocycles. The van der Waals surface area contributed by atoms with Gasteiger partial charge >= 0.3 is 6.03 Å². The normalized spacial score (nSPS) is 16.4. The van der Waals surface area contributed by atoms with Gasteiger partial charge in [0.1, 0.15) is 5.57 Å². The maximum atomic E-state index is 12.8. The van der Waals surface area contributed by atoms with Crippen molar-refractivity contribution < 1.29 is 14.4 Å². The molecule has 0 bridgehead atoms. The van der Waals surface area contributed by atoms with E-state index in [-0.39, 0.29) is 5.57 Å². The molecule has 0 spiro atoms. The Labute approximate surface area is 153 Å². The molecular weight excluding hydrogens is 384 g/mol. The van der Waals surface area contributed by atoms with Crippen LogP contribution in [0.25, 0.3) is 6.08 Å². The van der Waals surface area contributed by atoms with Crippen molar-refractivity contribution in [2.45, 2.75) is 13.8 Å². The molecule has 3 rings (SSSR count). The number of anilines is 1. The first kappa shape index (κ1) is 17.1. The number of nitrogens with zero attached hydrogens (tertiary/aromatic N) is 1. The number of imide groups is 2.